The van der Waals surface area contributed by atoms with Gasteiger partial charge in [0.05, 0.1) is 0 Å². The summed E-state index contributed by atoms with van der Waals surface area (Å²) in [6, 6.07) is 7.58. The monoisotopic (exact) mass is 221 g/mol. The molecule has 0 amide bonds. The van der Waals surface area contributed by atoms with Crippen molar-refractivity contribution < 1.29 is 4.39 Å². The van der Waals surface area contributed by atoms with Crippen molar-refractivity contribution in [3.8, 4) is 0 Å². The maximum absolute atomic E-state index is 13.3. The van der Waals surface area contributed by atoms with Gasteiger partial charge in [0, 0.05) is 18.2 Å². The van der Waals surface area contributed by atoms with E-state index in [0.29, 0.717) is 12.6 Å². The molecule has 2 rings (SSSR count). The number of benzene rings is 1. The SMILES string of the molecule is CC(C)C1CC(NCc2ccccc2F)C1. The molecule has 1 nitrogen and oxygen atoms in total. The molecule has 0 aromatic heterocycles. The Bertz CT molecular complexity index is 342. The summed E-state index contributed by atoms with van der Waals surface area (Å²) >= 11 is 0. The largest absolute Gasteiger partial charge is 0.310 e. The van der Waals surface area contributed by atoms with Crippen molar-refractivity contribution in [3.05, 3.63) is 35.6 Å². The zero-order chi connectivity index (χ0) is 11.5. The molecule has 0 saturated heterocycles. The van der Waals surface area contributed by atoms with E-state index in [2.05, 4.69) is 19.2 Å². The molecule has 0 spiro atoms. The van der Waals surface area contributed by atoms with Crippen molar-refractivity contribution in [1.82, 2.24) is 5.32 Å². The first-order valence-corrected chi connectivity index (χ1v) is 6.13. The molecule has 1 aliphatic carbocycles. The summed E-state index contributed by atoms with van der Waals surface area (Å²) in [4.78, 5) is 0. The van der Waals surface area contributed by atoms with Gasteiger partial charge in [0.2, 0.25) is 0 Å². The Morgan fingerprint density at radius 3 is 2.62 bits per heavy atom. The molecule has 0 unspecified atom stereocenters. The fourth-order valence-corrected chi connectivity index (χ4v) is 2.27. The van der Waals surface area contributed by atoms with Crippen molar-refractivity contribution in [2.45, 2.75) is 39.3 Å². The van der Waals surface area contributed by atoms with Crippen molar-refractivity contribution >= 4 is 0 Å². The molecule has 1 aromatic rings. The first kappa shape index (κ1) is 11.6. The van der Waals surface area contributed by atoms with E-state index in [1.165, 1.54) is 18.9 Å². The third kappa shape index (κ3) is 2.62. The third-order valence-electron chi connectivity index (χ3n) is 3.66. The van der Waals surface area contributed by atoms with Crippen LogP contribution in [0.2, 0.25) is 0 Å². The van der Waals surface area contributed by atoms with Gasteiger partial charge in [0.1, 0.15) is 5.82 Å². The highest BCUT2D eigenvalue weighted by Gasteiger charge is 2.30. The molecule has 0 radical (unpaired) electrons. The van der Waals surface area contributed by atoms with Crippen LogP contribution >= 0.6 is 0 Å². The molecule has 16 heavy (non-hydrogen) atoms. The third-order valence-corrected chi connectivity index (χ3v) is 3.66. The molecule has 1 aromatic carbocycles. The Kier molecular flexibility index (Phi) is 3.59. The lowest BCUT2D eigenvalue weighted by atomic mass is 9.73. The molecule has 1 saturated carbocycles. The highest BCUT2D eigenvalue weighted by Crippen LogP contribution is 2.33. The van der Waals surface area contributed by atoms with Crippen molar-refractivity contribution in [3.63, 3.8) is 0 Å². The lowest BCUT2D eigenvalue weighted by Crippen LogP contribution is -2.42. The predicted molar refractivity (Wildman–Crippen MR) is 64.6 cm³/mol. The second-order valence-corrected chi connectivity index (χ2v) is 5.14. The van der Waals surface area contributed by atoms with Gasteiger partial charge < -0.3 is 5.32 Å². The maximum Gasteiger partial charge on any atom is 0.127 e. The van der Waals surface area contributed by atoms with Gasteiger partial charge >= 0.3 is 0 Å². The van der Waals surface area contributed by atoms with Gasteiger partial charge in [-0.15, -0.1) is 0 Å². The van der Waals surface area contributed by atoms with Crippen LogP contribution < -0.4 is 5.32 Å². The van der Waals surface area contributed by atoms with E-state index < -0.39 is 0 Å². The van der Waals surface area contributed by atoms with Crippen LogP contribution in [0.1, 0.15) is 32.3 Å². The Morgan fingerprint density at radius 2 is 2.00 bits per heavy atom. The molecule has 1 fully saturated rings. The van der Waals surface area contributed by atoms with Gasteiger partial charge in [-0.2, -0.15) is 0 Å². The molecule has 0 atom stereocenters. The standard InChI is InChI=1S/C14H20FN/c1-10(2)12-7-13(8-12)16-9-11-5-3-4-6-14(11)15/h3-6,10,12-13,16H,7-9H2,1-2H3. The minimum absolute atomic E-state index is 0.102. The van der Waals surface area contributed by atoms with E-state index in [4.69, 9.17) is 0 Å². The topological polar surface area (TPSA) is 12.0 Å². The Labute approximate surface area is 97.1 Å². The number of rotatable bonds is 4. The molecule has 88 valence electrons. The summed E-state index contributed by atoms with van der Waals surface area (Å²) in [7, 11) is 0. The fourth-order valence-electron chi connectivity index (χ4n) is 2.27. The van der Waals surface area contributed by atoms with Gasteiger partial charge in [-0.3, -0.25) is 0 Å². The molecule has 0 aliphatic heterocycles. The van der Waals surface area contributed by atoms with Crippen LogP contribution in [0.5, 0.6) is 0 Å². The quantitative estimate of drug-likeness (QED) is 0.822. The maximum atomic E-state index is 13.3. The molecular weight excluding hydrogens is 201 g/mol. The van der Waals surface area contributed by atoms with Crippen molar-refractivity contribution in [1.29, 1.82) is 0 Å². The van der Waals surface area contributed by atoms with Gasteiger partial charge in [-0.05, 0) is 30.7 Å². The highest BCUT2D eigenvalue weighted by atomic mass is 19.1. The molecule has 1 N–H and O–H groups in total. The normalized spacial score (nSPS) is 24.5. The van der Waals surface area contributed by atoms with Gasteiger partial charge in [0.15, 0.2) is 0 Å². The Hall–Kier alpha value is -0.890. The highest BCUT2D eigenvalue weighted by molar-refractivity contribution is 5.17. The first-order valence-electron chi connectivity index (χ1n) is 6.13. The number of halogens is 1. The second kappa shape index (κ2) is 4.96. The van der Waals surface area contributed by atoms with E-state index >= 15 is 0 Å². The molecule has 0 heterocycles. The van der Waals surface area contributed by atoms with Crippen molar-refractivity contribution in [2.75, 3.05) is 0 Å². The van der Waals surface area contributed by atoms with Gasteiger partial charge in [-0.25, -0.2) is 4.39 Å². The van der Waals surface area contributed by atoms with Crippen LogP contribution in [0.25, 0.3) is 0 Å². The minimum atomic E-state index is -0.102. The van der Waals surface area contributed by atoms with E-state index in [1.54, 1.807) is 6.07 Å². The molecular formula is C14H20FN. The summed E-state index contributed by atoms with van der Waals surface area (Å²) in [6.45, 7) is 5.21. The van der Waals surface area contributed by atoms with Crippen LogP contribution in [-0.2, 0) is 6.54 Å². The summed E-state index contributed by atoms with van der Waals surface area (Å²) in [5.74, 6) is 1.54. The zero-order valence-corrected chi connectivity index (χ0v) is 10.0. The molecule has 2 heteroatoms. The predicted octanol–water partition coefficient (Wildman–Crippen LogP) is 3.35. The fraction of sp³-hybridized carbons (Fsp3) is 0.571. The average molecular weight is 221 g/mol. The van der Waals surface area contributed by atoms with Crippen LogP contribution in [0.15, 0.2) is 24.3 Å². The average Bonchev–Trinajstić information content (AvgIpc) is 2.17. The zero-order valence-electron chi connectivity index (χ0n) is 10.0. The number of hydrogen-bond donors (Lipinski definition) is 1. The molecule has 1 aliphatic rings. The Balaban J connectivity index is 1.76. The van der Waals surface area contributed by atoms with E-state index in [9.17, 15) is 4.39 Å². The lowest BCUT2D eigenvalue weighted by molar-refractivity contribution is 0.167. The van der Waals surface area contributed by atoms with Gasteiger partial charge in [0.25, 0.3) is 0 Å². The second-order valence-electron chi connectivity index (χ2n) is 5.14. The van der Waals surface area contributed by atoms with E-state index in [-0.39, 0.29) is 5.82 Å². The molecule has 0 bridgehead atoms. The summed E-state index contributed by atoms with van der Waals surface area (Å²) in [5, 5.41) is 3.42. The van der Waals surface area contributed by atoms with Crippen molar-refractivity contribution in [2.24, 2.45) is 11.8 Å². The summed E-state index contributed by atoms with van der Waals surface area (Å²) < 4.78 is 13.3. The summed E-state index contributed by atoms with van der Waals surface area (Å²) in [5.41, 5.74) is 0.774. The van der Waals surface area contributed by atoms with Gasteiger partial charge in [-0.1, -0.05) is 32.0 Å². The van der Waals surface area contributed by atoms with Crippen LogP contribution in [-0.4, -0.2) is 6.04 Å². The Morgan fingerprint density at radius 1 is 1.31 bits per heavy atom. The summed E-state index contributed by atoms with van der Waals surface area (Å²) in [6.07, 6.45) is 2.48. The van der Waals surface area contributed by atoms with Crippen LogP contribution in [0.4, 0.5) is 4.39 Å². The number of hydrogen-bond acceptors (Lipinski definition) is 1. The van der Waals surface area contributed by atoms with E-state index in [1.807, 2.05) is 12.1 Å². The van der Waals surface area contributed by atoms with Crippen LogP contribution in [0.3, 0.4) is 0 Å². The number of nitrogens with one attached hydrogen (secondary N) is 1. The first-order chi connectivity index (χ1) is 7.66. The minimum Gasteiger partial charge on any atom is -0.310 e. The lowest BCUT2D eigenvalue weighted by Gasteiger charge is -2.38. The van der Waals surface area contributed by atoms with E-state index in [0.717, 1.165) is 17.4 Å². The van der Waals surface area contributed by atoms with Crippen LogP contribution in [0, 0.1) is 17.7 Å². The smallest absolute Gasteiger partial charge is 0.127 e.